The first-order valence-electron chi connectivity index (χ1n) is 8.93. The first kappa shape index (κ1) is 18.0. The van der Waals surface area contributed by atoms with Gasteiger partial charge in [0.05, 0.1) is 6.04 Å². The van der Waals surface area contributed by atoms with Crippen molar-refractivity contribution in [2.75, 3.05) is 5.32 Å². The van der Waals surface area contributed by atoms with Crippen molar-refractivity contribution in [2.45, 2.75) is 63.7 Å². The van der Waals surface area contributed by atoms with E-state index in [4.69, 9.17) is 0 Å². The van der Waals surface area contributed by atoms with E-state index in [1.54, 1.807) is 0 Å². The van der Waals surface area contributed by atoms with Gasteiger partial charge in [0, 0.05) is 12.1 Å². The van der Waals surface area contributed by atoms with Crippen LogP contribution in [0.25, 0.3) is 0 Å². The van der Waals surface area contributed by atoms with Crippen LogP contribution in [0, 0.1) is 13.8 Å². The Labute approximate surface area is 153 Å². The summed E-state index contributed by atoms with van der Waals surface area (Å²) >= 11 is 1.39. The normalized spacial score (nSPS) is 22.9. The third-order valence-electron chi connectivity index (χ3n) is 4.69. The summed E-state index contributed by atoms with van der Waals surface area (Å²) in [6.45, 7) is 3.95. The van der Waals surface area contributed by atoms with Crippen molar-refractivity contribution in [2.24, 2.45) is 4.99 Å². The van der Waals surface area contributed by atoms with Crippen molar-refractivity contribution < 1.29 is 9.59 Å². The van der Waals surface area contributed by atoms with Gasteiger partial charge in [-0.15, -0.1) is 0 Å². The van der Waals surface area contributed by atoms with E-state index in [1.165, 1.54) is 31.0 Å². The van der Waals surface area contributed by atoms with Crippen molar-refractivity contribution in [3.05, 3.63) is 29.3 Å². The molecule has 1 aromatic rings. The van der Waals surface area contributed by atoms with Gasteiger partial charge in [0.2, 0.25) is 11.8 Å². The van der Waals surface area contributed by atoms with Crippen molar-refractivity contribution in [1.82, 2.24) is 5.32 Å². The van der Waals surface area contributed by atoms with Gasteiger partial charge in [-0.3, -0.25) is 14.6 Å². The van der Waals surface area contributed by atoms with Gasteiger partial charge in [-0.25, -0.2) is 0 Å². The van der Waals surface area contributed by atoms with E-state index in [2.05, 4.69) is 15.6 Å². The van der Waals surface area contributed by atoms with Gasteiger partial charge >= 0.3 is 0 Å². The number of carbonyl (C=O) groups excluding carboxylic acids is 2. The monoisotopic (exact) mass is 359 g/mol. The summed E-state index contributed by atoms with van der Waals surface area (Å²) in [6.07, 6.45) is 6.05. The van der Waals surface area contributed by atoms with Crippen LogP contribution in [0.3, 0.4) is 0 Å². The molecular formula is C19H25N3O2S. The summed E-state index contributed by atoms with van der Waals surface area (Å²) < 4.78 is 0. The minimum Gasteiger partial charge on any atom is -0.326 e. The predicted molar refractivity (Wildman–Crippen MR) is 103 cm³/mol. The molecule has 1 atom stereocenters. The van der Waals surface area contributed by atoms with E-state index < -0.39 is 5.25 Å². The van der Waals surface area contributed by atoms with E-state index in [0.717, 1.165) is 29.7 Å². The van der Waals surface area contributed by atoms with Gasteiger partial charge in [-0.2, -0.15) is 0 Å². The van der Waals surface area contributed by atoms with E-state index in [1.807, 2.05) is 32.0 Å². The number of anilines is 1. The molecule has 1 aromatic carbocycles. The highest BCUT2D eigenvalue weighted by molar-refractivity contribution is 8.15. The molecule has 1 aliphatic heterocycles. The molecule has 1 saturated carbocycles. The Morgan fingerprint density at radius 1 is 1.28 bits per heavy atom. The van der Waals surface area contributed by atoms with Crippen molar-refractivity contribution in [3.63, 3.8) is 0 Å². The summed E-state index contributed by atoms with van der Waals surface area (Å²) in [7, 11) is 0. The van der Waals surface area contributed by atoms with Gasteiger partial charge in [-0.05, 0) is 43.9 Å². The fraction of sp³-hybridized carbons (Fsp3) is 0.526. The highest BCUT2D eigenvalue weighted by atomic mass is 32.2. The second-order valence-electron chi connectivity index (χ2n) is 6.89. The summed E-state index contributed by atoms with van der Waals surface area (Å²) in [5.41, 5.74) is 2.92. The quantitative estimate of drug-likeness (QED) is 0.864. The zero-order valence-corrected chi connectivity index (χ0v) is 15.6. The predicted octanol–water partition coefficient (Wildman–Crippen LogP) is 3.55. The van der Waals surface area contributed by atoms with E-state index in [-0.39, 0.29) is 18.2 Å². The Bertz CT molecular complexity index is 696. The molecule has 3 rings (SSSR count). The fourth-order valence-electron chi connectivity index (χ4n) is 3.22. The minimum absolute atomic E-state index is 0.115. The molecule has 6 heteroatoms. The number of nitrogens with one attached hydrogen (secondary N) is 2. The molecule has 134 valence electrons. The summed E-state index contributed by atoms with van der Waals surface area (Å²) in [4.78, 5) is 29.1. The van der Waals surface area contributed by atoms with Gasteiger partial charge in [-0.1, -0.05) is 43.2 Å². The van der Waals surface area contributed by atoms with Crippen molar-refractivity contribution in [3.8, 4) is 0 Å². The lowest BCUT2D eigenvalue weighted by atomic mass is 9.96. The van der Waals surface area contributed by atoms with Crippen molar-refractivity contribution >= 4 is 34.4 Å². The van der Waals surface area contributed by atoms with Gasteiger partial charge < -0.3 is 10.6 Å². The fourth-order valence-corrected chi connectivity index (χ4v) is 4.26. The van der Waals surface area contributed by atoms with E-state index in [9.17, 15) is 9.59 Å². The van der Waals surface area contributed by atoms with Gasteiger partial charge in [0.1, 0.15) is 5.25 Å². The maximum atomic E-state index is 12.3. The number of hydrogen-bond donors (Lipinski definition) is 2. The van der Waals surface area contributed by atoms with Crippen molar-refractivity contribution in [1.29, 1.82) is 0 Å². The topological polar surface area (TPSA) is 70.6 Å². The molecule has 1 aliphatic carbocycles. The first-order chi connectivity index (χ1) is 12.0. The zero-order valence-electron chi connectivity index (χ0n) is 14.8. The van der Waals surface area contributed by atoms with Gasteiger partial charge in [0.25, 0.3) is 0 Å². The molecule has 2 N–H and O–H groups in total. The Hall–Kier alpha value is -1.82. The highest BCUT2D eigenvalue weighted by Crippen LogP contribution is 2.27. The van der Waals surface area contributed by atoms with Crippen LogP contribution in [0.1, 0.15) is 49.7 Å². The molecule has 2 fully saturated rings. The number of amidine groups is 1. The van der Waals surface area contributed by atoms with Gasteiger partial charge in [0.15, 0.2) is 5.17 Å². The largest absolute Gasteiger partial charge is 0.326 e. The summed E-state index contributed by atoms with van der Waals surface area (Å²) in [5, 5.41) is 6.04. The number of aryl methyl sites for hydroxylation is 2. The van der Waals surface area contributed by atoms with E-state index >= 15 is 0 Å². The molecule has 2 amide bonds. The molecule has 0 radical (unpaired) electrons. The van der Waals surface area contributed by atoms with Crippen LogP contribution in [0.15, 0.2) is 23.2 Å². The molecule has 5 nitrogen and oxygen atoms in total. The molecule has 1 heterocycles. The third-order valence-corrected chi connectivity index (χ3v) is 5.78. The number of aliphatic imine (C=N–C) groups is 1. The maximum absolute atomic E-state index is 12.3. The number of carbonyl (C=O) groups is 2. The standard InChI is InChI=1S/C19H25N3O2S/c1-12-8-9-13(2)15(10-12)21-17(23)11-16-18(24)22-19(25-16)20-14-6-4-3-5-7-14/h8-10,14,16H,3-7,11H2,1-2H3,(H,21,23)(H,20,22,24). The smallest absolute Gasteiger partial charge is 0.240 e. The highest BCUT2D eigenvalue weighted by Gasteiger charge is 2.32. The molecular weight excluding hydrogens is 334 g/mol. The molecule has 0 bridgehead atoms. The minimum atomic E-state index is -0.396. The lowest BCUT2D eigenvalue weighted by Gasteiger charge is -2.17. The van der Waals surface area contributed by atoms with Crippen LogP contribution in [0.2, 0.25) is 0 Å². The molecule has 0 aromatic heterocycles. The van der Waals surface area contributed by atoms with Crippen LogP contribution in [0.5, 0.6) is 0 Å². The number of nitrogens with zero attached hydrogens (tertiary/aromatic N) is 1. The number of amides is 2. The van der Waals surface area contributed by atoms with Crippen LogP contribution < -0.4 is 10.6 Å². The Morgan fingerprint density at radius 3 is 2.80 bits per heavy atom. The van der Waals surface area contributed by atoms with E-state index in [0.29, 0.717) is 11.2 Å². The summed E-state index contributed by atoms with van der Waals surface area (Å²) in [5.74, 6) is -0.254. The van der Waals surface area contributed by atoms with Crippen LogP contribution >= 0.6 is 11.8 Å². The molecule has 1 unspecified atom stereocenters. The van der Waals surface area contributed by atoms with Crippen LogP contribution in [-0.2, 0) is 9.59 Å². The summed E-state index contributed by atoms with van der Waals surface area (Å²) in [6, 6.07) is 6.26. The van der Waals surface area contributed by atoms with Crippen LogP contribution in [-0.4, -0.2) is 28.3 Å². The number of rotatable bonds is 4. The Morgan fingerprint density at radius 2 is 2.04 bits per heavy atom. The number of benzene rings is 1. The Balaban J connectivity index is 1.57. The second-order valence-corrected chi connectivity index (χ2v) is 8.08. The molecule has 0 spiro atoms. The number of thioether (sulfide) groups is 1. The maximum Gasteiger partial charge on any atom is 0.240 e. The van der Waals surface area contributed by atoms with Crippen LogP contribution in [0.4, 0.5) is 5.69 Å². The second kappa shape index (κ2) is 8.04. The SMILES string of the molecule is Cc1ccc(C)c(NC(=O)CC2SC(=NC3CCCCC3)NC2=O)c1. The average molecular weight is 359 g/mol. The molecule has 1 saturated heterocycles. The lowest BCUT2D eigenvalue weighted by Crippen LogP contribution is -2.28. The molecule has 25 heavy (non-hydrogen) atoms. The first-order valence-corrected chi connectivity index (χ1v) is 9.81. The Kier molecular flexibility index (Phi) is 5.78. The third kappa shape index (κ3) is 4.84. The number of hydrogen-bond acceptors (Lipinski definition) is 4. The lowest BCUT2D eigenvalue weighted by molar-refractivity contribution is -0.122. The zero-order chi connectivity index (χ0) is 17.8. The average Bonchev–Trinajstić information content (AvgIpc) is 2.91. The molecule has 2 aliphatic rings.